The summed E-state index contributed by atoms with van der Waals surface area (Å²) in [5.41, 5.74) is 12.2. The van der Waals surface area contributed by atoms with E-state index in [9.17, 15) is 15.3 Å². The number of aliphatic hydroxyl groups is 3. The minimum absolute atomic E-state index is 0.0765. The lowest BCUT2D eigenvalue weighted by Gasteiger charge is -2.52. The molecule has 0 spiro atoms. The summed E-state index contributed by atoms with van der Waals surface area (Å²) in [6.07, 6.45) is 4.19. The fourth-order valence-electron chi connectivity index (χ4n) is 12.3. The van der Waals surface area contributed by atoms with Crippen molar-refractivity contribution in [2.75, 3.05) is 31.3 Å². The molecule has 8 rings (SSSR count). The molecule has 4 aromatic heterocycles. The fourth-order valence-corrected chi connectivity index (χ4v) is 34.8. The Balaban J connectivity index is 0.000000219. The number of fused-ring (bicyclic) bond motifs is 4. The molecule has 4 fully saturated rings. The Morgan fingerprint density at radius 1 is 0.587 bits per heavy atom. The predicted octanol–water partition coefficient (Wildman–Crippen LogP) is 8.34. The molecule has 7 N–H and O–H groups in total. The molecule has 8 heterocycles. The third-order valence-corrected chi connectivity index (χ3v) is 36.7. The highest BCUT2D eigenvalue weighted by Crippen LogP contribution is 2.54. The van der Waals surface area contributed by atoms with E-state index in [4.69, 9.17) is 46.9 Å². The highest BCUT2D eigenvalue weighted by Gasteiger charge is 2.67. The summed E-state index contributed by atoms with van der Waals surface area (Å²) < 4.78 is 59.3. The van der Waals surface area contributed by atoms with Gasteiger partial charge in [-0.3, -0.25) is 9.13 Å². The Kier molecular flexibility index (Phi) is 17.9. The normalized spacial score (nSPS) is 29.5. The fraction of sp³-hybridized carbons (Fsp3) is 0.760. The maximum Gasteiger partial charge on any atom is 0.335 e. The number of aliphatic hydroxyl groups excluding tert-OH is 1. The van der Waals surface area contributed by atoms with Crippen molar-refractivity contribution in [1.29, 1.82) is 0 Å². The van der Waals surface area contributed by atoms with E-state index in [1.807, 2.05) is 0 Å². The van der Waals surface area contributed by atoms with Gasteiger partial charge in [0.2, 0.25) is 0 Å². The van der Waals surface area contributed by atoms with Crippen molar-refractivity contribution < 1.29 is 50.7 Å². The standard InChI is InChI=1S/C25H45N5O6Si2.C25H43N5O5Si2/c1-15(2)37(16(3)4)33-12-19-21(35-38(36-37,17(5)6)18(7)8)25(32,10-9-11-31)24(34-19)30-14-29-20-22(26)27-13-28-23(20)30;1-10-11-25(31)21-19(33-24(25)30-14-29-20-22(26)27-13-28-23(20)30)12-32-36(15(2)3,16(4)5)35-37(34-21,17(6)7)18(8)9/h13-19,21,24,31-32H,9-12H2,1-8H3,(H2,26,27,28);10,13-19,21,24,31H,1,11-12H2,2-9H3,(H2,26,27,28)/t2*19-,21-,24-,25+/m11/s1. The van der Waals surface area contributed by atoms with E-state index in [2.05, 4.69) is 147 Å². The van der Waals surface area contributed by atoms with Gasteiger partial charge in [0.15, 0.2) is 35.4 Å². The molecular weight excluding hydrogens is 1030 g/mol. The van der Waals surface area contributed by atoms with Crippen molar-refractivity contribution in [1.82, 2.24) is 39.0 Å². The van der Waals surface area contributed by atoms with Gasteiger partial charge in [0.1, 0.15) is 59.3 Å². The molecule has 75 heavy (non-hydrogen) atoms. The summed E-state index contributed by atoms with van der Waals surface area (Å²) >= 11 is 0. The van der Waals surface area contributed by atoms with Crippen molar-refractivity contribution >= 4 is 68.2 Å². The summed E-state index contributed by atoms with van der Waals surface area (Å²) in [5.74, 6) is 0.518. The Morgan fingerprint density at radius 2 is 0.947 bits per heavy atom. The van der Waals surface area contributed by atoms with Crippen LogP contribution in [-0.4, -0.2) is 144 Å². The second-order valence-electron chi connectivity index (χ2n) is 23.5. The van der Waals surface area contributed by atoms with Gasteiger partial charge in [-0.2, -0.15) is 0 Å². The number of rotatable bonds is 15. The van der Waals surface area contributed by atoms with Crippen LogP contribution in [0, 0.1) is 0 Å². The summed E-state index contributed by atoms with van der Waals surface area (Å²) in [4.78, 5) is 25.7. The second kappa shape index (κ2) is 22.5. The molecule has 420 valence electrons. The van der Waals surface area contributed by atoms with E-state index in [-0.39, 0.29) is 88.6 Å². The predicted molar refractivity (Wildman–Crippen MR) is 296 cm³/mol. The largest absolute Gasteiger partial charge is 0.414 e. The van der Waals surface area contributed by atoms with Crippen LogP contribution in [0.3, 0.4) is 0 Å². The van der Waals surface area contributed by atoms with Crippen LogP contribution in [0.15, 0.2) is 38.0 Å². The minimum Gasteiger partial charge on any atom is -0.414 e. The molecule has 0 aliphatic carbocycles. The average molecular weight is 1120 g/mol. The van der Waals surface area contributed by atoms with Crippen LogP contribution in [0.4, 0.5) is 11.6 Å². The Labute approximate surface area is 447 Å². The van der Waals surface area contributed by atoms with Crippen molar-refractivity contribution in [3.8, 4) is 0 Å². The lowest BCUT2D eigenvalue weighted by atomic mass is 9.89. The third-order valence-electron chi connectivity index (χ3n) is 16.3. The molecule has 0 saturated carbocycles. The van der Waals surface area contributed by atoms with E-state index < -0.39 is 82.3 Å². The SMILES string of the molecule is C=CC[C@]1(O)[C@@H]2O[Si](C(C)C)(C(C)C)O[Si](C(C)C)(C(C)C)OC[C@H]2O[C@H]1n1cnc2c(N)ncnc21.CC(C)[Si]1(C(C)C)OC[C@H]2O[C@@H](n3cnc4c(N)ncnc43)[C@](O)(CCCO)[C@@H]2O[Si](C(C)C)(C(C)C)O1. The maximum absolute atomic E-state index is 12.5. The zero-order chi connectivity index (χ0) is 55.4. The highest BCUT2D eigenvalue weighted by atomic mass is 28.5. The van der Waals surface area contributed by atoms with Crippen LogP contribution in [0.25, 0.3) is 22.3 Å². The van der Waals surface area contributed by atoms with Crippen LogP contribution in [0.2, 0.25) is 44.3 Å². The molecule has 4 aliphatic rings. The highest BCUT2D eigenvalue weighted by molar-refractivity contribution is 6.84. The number of hydrogen-bond acceptors (Lipinski definition) is 19. The number of aromatic nitrogens is 8. The molecule has 0 aromatic carbocycles. The number of nitrogen functional groups attached to an aromatic ring is 2. The van der Waals surface area contributed by atoms with Gasteiger partial charge in [-0.1, -0.05) is 117 Å². The number of nitrogens with zero attached hydrogens (tertiary/aromatic N) is 8. The molecule has 0 amide bonds. The monoisotopic (exact) mass is 1120 g/mol. The molecule has 4 aliphatic heterocycles. The Bertz CT molecular complexity index is 2560. The quantitative estimate of drug-likeness (QED) is 0.0552. The molecule has 25 heteroatoms. The zero-order valence-corrected chi connectivity index (χ0v) is 51.3. The van der Waals surface area contributed by atoms with Crippen molar-refractivity contribution in [3.63, 3.8) is 0 Å². The molecule has 0 unspecified atom stereocenters. The first kappa shape index (κ1) is 59.5. The van der Waals surface area contributed by atoms with Crippen LogP contribution >= 0.6 is 0 Å². The topological polar surface area (TPSA) is 274 Å². The summed E-state index contributed by atoms with van der Waals surface area (Å²) in [6, 6.07) is 0. The maximum atomic E-state index is 12.5. The molecule has 4 saturated heterocycles. The number of ether oxygens (including phenoxy) is 2. The third kappa shape index (κ3) is 10.2. The van der Waals surface area contributed by atoms with Gasteiger partial charge in [0.05, 0.1) is 25.9 Å². The van der Waals surface area contributed by atoms with Gasteiger partial charge >= 0.3 is 34.2 Å². The second-order valence-corrected chi connectivity index (χ2v) is 41.2. The number of imidazole rings is 2. The van der Waals surface area contributed by atoms with E-state index in [1.54, 1.807) is 27.9 Å². The summed E-state index contributed by atoms with van der Waals surface area (Å²) in [7, 11) is -11.5. The van der Waals surface area contributed by atoms with Crippen LogP contribution in [0.1, 0.15) is 142 Å². The summed E-state index contributed by atoms with van der Waals surface area (Å²) in [5, 5.41) is 34.6. The Hall–Kier alpha value is -3.13. The molecule has 0 radical (unpaired) electrons. The lowest BCUT2D eigenvalue weighted by molar-refractivity contribution is -0.113. The van der Waals surface area contributed by atoms with E-state index >= 15 is 0 Å². The van der Waals surface area contributed by atoms with E-state index in [0.717, 1.165) is 0 Å². The van der Waals surface area contributed by atoms with Gasteiger partial charge in [0, 0.05) is 13.0 Å². The van der Waals surface area contributed by atoms with Gasteiger partial charge < -0.3 is 62.2 Å². The number of hydrogen-bond donors (Lipinski definition) is 5. The van der Waals surface area contributed by atoms with Crippen LogP contribution in [-0.2, 0) is 35.4 Å². The van der Waals surface area contributed by atoms with Crippen molar-refractivity contribution in [3.05, 3.63) is 38.0 Å². The average Bonchev–Trinajstić information content (AvgIpc) is 4.07. The van der Waals surface area contributed by atoms with Gasteiger partial charge in [0.25, 0.3) is 0 Å². The Morgan fingerprint density at radius 3 is 1.29 bits per heavy atom. The lowest BCUT2D eigenvalue weighted by Crippen LogP contribution is -2.67. The van der Waals surface area contributed by atoms with Crippen LogP contribution in [0.5, 0.6) is 0 Å². The van der Waals surface area contributed by atoms with Crippen LogP contribution < -0.4 is 11.5 Å². The molecule has 8 atom stereocenters. The van der Waals surface area contributed by atoms with E-state index in [1.165, 1.54) is 12.7 Å². The van der Waals surface area contributed by atoms with Crippen molar-refractivity contribution in [2.24, 2.45) is 0 Å². The first-order valence-electron chi connectivity index (χ1n) is 27.0. The number of anilines is 2. The van der Waals surface area contributed by atoms with Gasteiger partial charge in [-0.15, -0.1) is 6.58 Å². The molecule has 4 aromatic rings. The van der Waals surface area contributed by atoms with Gasteiger partial charge in [-0.05, 0) is 57.2 Å². The summed E-state index contributed by atoms with van der Waals surface area (Å²) in [6.45, 7) is 39.0. The smallest absolute Gasteiger partial charge is 0.335 e. The molecule has 21 nitrogen and oxygen atoms in total. The van der Waals surface area contributed by atoms with Crippen molar-refractivity contribution in [2.45, 2.75) is 222 Å². The first-order chi connectivity index (χ1) is 35.2. The first-order valence-corrected chi connectivity index (χ1v) is 34.9. The molecular formula is C50H88N10O11Si4. The number of nitrogens with two attached hydrogens (primary N) is 2. The minimum atomic E-state index is -3.01. The van der Waals surface area contributed by atoms with E-state index in [0.29, 0.717) is 28.7 Å². The molecule has 0 bridgehead atoms. The van der Waals surface area contributed by atoms with Gasteiger partial charge in [-0.25, -0.2) is 29.9 Å². The zero-order valence-electron chi connectivity index (χ0n) is 47.3.